The topological polar surface area (TPSA) is 78.9 Å². The lowest BCUT2D eigenvalue weighted by atomic mass is 10.1. The smallest absolute Gasteiger partial charge is 0.306 e. The van der Waals surface area contributed by atoms with Crippen LogP contribution in [-0.4, -0.2) is 37.2 Å². The highest BCUT2D eigenvalue weighted by atomic mass is 16.6. The molecule has 0 aromatic heterocycles. The van der Waals surface area contributed by atoms with Crippen LogP contribution < -0.4 is 0 Å². The molecule has 1 unspecified atom stereocenters. The maximum absolute atomic E-state index is 12.8. The largest absolute Gasteiger partial charge is 0.462 e. The lowest BCUT2D eigenvalue weighted by molar-refractivity contribution is -0.167. The summed E-state index contributed by atoms with van der Waals surface area (Å²) in [7, 11) is 0. The van der Waals surface area contributed by atoms with Crippen molar-refractivity contribution in [3.05, 3.63) is 158 Å². The van der Waals surface area contributed by atoms with Crippen molar-refractivity contribution in [2.24, 2.45) is 0 Å². The average molecular weight is 978 g/mol. The molecule has 0 N–H and O–H groups in total. The highest BCUT2D eigenvalue weighted by molar-refractivity contribution is 5.71. The molecule has 0 saturated heterocycles. The number of carbonyl (C=O) groups is 3. The molecular formula is C65H100O6. The lowest BCUT2D eigenvalue weighted by Crippen LogP contribution is -2.30. The predicted octanol–water partition coefficient (Wildman–Crippen LogP) is 19.0. The van der Waals surface area contributed by atoms with E-state index in [9.17, 15) is 14.4 Å². The number of rotatable bonds is 48. The molecule has 6 heteroatoms. The normalized spacial score (nSPS) is 13.3. The van der Waals surface area contributed by atoms with Gasteiger partial charge in [-0.05, 0) is 141 Å². The van der Waals surface area contributed by atoms with Crippen LogP contribution in [0.2, 0.25) is 0 Å². The molecule has 0 amide bonds. The first-order chi connectivity index (χ1) is 35.0. The van der Waals surface area contributed by atoms with E-state index in [1.54, 1.807) is 0 Å². The summed E-state index contributed by atoms with van der Waals surface area (Å²) in [5.41, 5.74) is 0. The van der Waals surface area contributed by atoms with E-state index in [2.05, 4.69) is 179 Å². The van der Waals surface area contributed by atoms with Gasteiger partial charge in [0.05, 0.1) is 0 Å². The Kier molecular flexibility index (Phi) is 53.6. The van der Waals surface area contributed by atoms with Crippen LogP contribution in [0.5, 0.6) is 0 Å². The summed E-state index contributed by atoms with van der Waals surface area (Å²) >= 11 is 0. The molecule has 1 atom stereocenters. The molecular weight excluding hydrogens is 877 g/mol. The van der Waals surface area contributed by atoms with Crippen molar-refractivity contribution in [1.82, 2.24) is 0 Å². The Balaban J connectivity index is 4.66. The molecule has 396 valence electrons. The van der Waals surface area contributed by atoms with Crippen molar-refractivity contribution in [3.8, 4) is 0 Å². The third-order valence-electron chi connectivity index (χ3n) is 11.0. The third-order valence-corrected chi connectivity index (χ3v) is 11.0. The van der Waals surface area contributed by atoms with Crippen LogP contribution in [0, 0.1) is 0 Å². The van der Waals surface area contributed by atoms with Crippen molar-refractivity contribution in [2.75, 3.05) is 13.2 Å². The van der Waals surface area contributed by atoms with Crippen LogP contribution in [0.3, 0.4) is 0 Å². The highest BCUT2D eigenvalue weighted by Gasteiger charge is 2.19. The quantitative estimate of drug-likeness (QED) is 0.0262. The molecule has 71 heavy (non-hydrogen) atoms. The fourth-order valence-electron chi connectivity index (χ4n) is 6.80. The molecule has 0 aromatic carbocycles. The van der Waals surface area contributed by atoms with Crippen LogP contribution in [0.25, 0.3) is 0 Å². The Morgan fingerprint density at radius 1 is 0.296 bits per heavy atom. The van der Waals surface area contributed by atoms with E-state index in [1.807, 2.05) is 0 Å². The Morgan fingerprint density at radius 3 is 0.887 bits per heavy atom. The Bertz CT molecular complexity index is 1640. The summed E-state index contributed by atoms with van der Waals surface area (Å²) in [6.45, 7) is 6.32. The van der Waals surface area contributed by atoms with Gasteiger partial charge in [-0.2, -0.15) is 0 Å². The maximum atomic E-state index is 12.8. The summed E-state index contributed by atoms with van der Waals surface area (Å²) < 4.78 is 16.7. The average Bonchev–Trinajstić information content (AvgIpc) is 3.37. The molecule has 0 aliphatic rings. The van der Waals surface area contributed by atoms with E-state index in [0.717, 1.165) is 109 Å². The van der Waals surface area contributed by atoms with Gasteiger partial charge in [0.25, 0.3) is 0 Å². The van der Waals surface area contributed by atoms with Crippen LogP contribution in [0.4, 0.5) is 0 Å². The highest BCUT2D eigenvalue weighted by Crippen LogP contribution is 2.10. The summed E-state index contributed by atoms with van der Waals surface area (Å²) in [5.74, 6) is -1.10. The van der Waals surface area contributed by atoms with Crippen molar-refractivity contribution in [2.45, 2.75) is 219 Å². The van der Waals surface area contributed by atoms with E-state index in [4.69, 9.17) is 14.2 Å². The lowest BCUT2D eigenvalue weighted by Gasteiger charge is -2.18. The number of carbonyl (C=O) groups excluding carboxylic acids is 3. The van der Waals surface area contributed by atoms with E-state index in [-0.39, 0.29) is 38.0 Å². The van der Waals surface area contributed by atoms with Gasteiger partial charge < -0.3 is 14.2 Å². The van der Waals surface area contributed by atoms with Gasteiger partial charge >= 0.3 is 17.9 Å². The van der Waals surface area contributed by atoms with Crippen molar-refractivity contribution >= 4 is 17.9 Å². The van der Waals surface area contributed by atoms with E-state index in [1.165, 1.54) is 51.4 Å². The maximum Gasteiger partial charge on any atom is 0.306 e. The Morgan fingerprint density at radius 2 is 0.563 bits per heavy atom. The third kappa shape index (κ3) is 55.8. The summed E-state index contributed by atoms with van der Waals surface area (Å²) in [6.07, 6.45) is 83.8. The number of allylic oxidation sites excluding steroid dienone is 26. The SMILES string of the molecule is CC/C=C\C/C=C\C/C=C\C/C=C\C/C=C\CCCCCC(=O)OCC(COC(=O)CCC/C=C\C/C=C\C/C=C\C/C=C\CCCCC)OC(=O)CCC/C=C\C/C=C\C/C=C\C/C=C\CCCCC. The van der Waals surface area contributed by atoms with Gasteiger partial charge in [0.15, 0.2) is 6.10 Å². The van der Waals surface area contributed by atoms with Crippen LogP contribution in [-0.2, 0) is 28.6 Å². The molecule has 0 aliphatic carbocycles. The predicted molar refractivity (Wildman–Crippen MR) is 306 cm³/mol. The molecule has 0 radical (unpaired) electrons. The van der Waals surface area contributed by atoms with Crippen LogP contribution >= 0.6 is 0 Å². The Hall–Kier alpha value is -4.97. The minimum atomic E-state index is -0.851. The van der Waals surface area contributed by atoms with E-state index < -0.39 is 12.1 Å². The fourth-order valence-corrected chi connectivity index (χ4v) is 6.80. The van der Waals surface area contributed by atoms with Crippen LogP contribution in [0.1, 0.15) is 213 Å². The monoisotopic (exact) mass is 977 g/mol. The van der Waals surface area contributed by atoms with Gasteiger partial charge in [-0.1, -0.05) is 211 Å². The summed E-state index contributed by atoms with van der Waals surface area (Å²) in [5, 5.41) is 0. The molecule has 0 rings (SSSR count). The first kappa shape index (κ1) is 66.0. The summed E-state index contributed by atoms with van der Waals surface area (Å²) in [4.78, 5) is 38.1. The van der Waals surface area contributed by atoms with Gasteiger partial charge in [0.1, 0.15) is 13.2 Å². The molecule has 6 nitrogen and oxygen atoms in total. The molecule has 0 aliphatic heterocycles. The number of ether oxygens (including phenoxy) is 3. The summed E-state index contributed by atoms with van der Waals surface area (Å²) in [6, 6.07) is 0. The van der Waals surface area contributed by atoms with Gasteiger partial charge in [-0.3, -0.25) is 14.4 Å². The molecule has 0 aromatic rings. The number of unbranched alkanes of at least 4 members (excludes halogenated alkanes) is 11. The minimum absolute atomic E-state index is 0.142. The first-order valence-corrected chi connectivity index (χ1v) is 28.0. The molecule has 0 saturated carbocycles. The molecule has 0 spiro atoms. The number of hydrogen-bond donors (Lipinski definition) is 0. The second-order valence-corrected chi connectivity index (χ2v) is 17.7. The number of hydrogen-bond acceptors (Lipinski definition) is 6. The molecule has 0 fully saturated rings. The van der Waals surface area contributed by atoms with Crippen molar-refractivity contribution < 1.29 is 28.6 Å². The van der Waals surface area contributed by atoms with Crippen LogP contribution in [0.15, 0.2) is 158 Å². The minimum Gasteiger partial charge on any atom is -0.462 e. The number of esters is 3. The zero-order valence-corrected chi connectivity index (χ0v) is 45.2. The van der Waals surface area contributed by atoms with Gasteiger partial charge in [0.2, 0.25) is 0 Å². The van der Waals surface area contributed by atoms with Gasteiger partial charge in [0, 0.05) is 19.3 Å². The van der Waals surface area contributed by atoms with Crippen molar-refractivity contribution in [3.63, 3.8) is 0 Å². The first-order valence-electron chi connectivity index (χ1n) is 28.0. The second-order valence-electron chi connectivity index (χ2n) is 17.7. The van der Waals surface area contributed by atoms with Crippen molar-refractivity contribution in [1.29, 1.82) is 0 Å². The Labute approximate surface area is 435 Å². The van der Waals surface area contributed by atoms with Gasteiger partial charge in [-0.25, -0.2) is 0 Å². The zero-order chi connectivity index (χ0) is 51.4. The standard InChI is InChI=1S/C65H100O6/c1-4-7-10-13-16-19-22-25-28-31-32-35-37-40-43-46-49-52-55-58-64(67)70-61-62(71-65(68)59-56-53-50-47-44-41-38-34-30-27-24-21-18-15-12-9-6-3)60-69-63(66)57-54-51-48-45-42-39-36-33-29-26-23-20-17-14-11-8-5-2/h7,10,16-21,25-30,32,35-36,38-41,43,45,47-48,50,62H,4-6,8-9,11-15,22-24,31,33-34,37,42,44,46,49,51-61H2,1-3H3/b10-7-,19-16-,20-17-,21-18-,28-25-,29-26-,30-27-,35-32-,39-36-,41-38-,43-40-,48-45-,50-47-. The zero-order valence-electron chi connectivity index (χ0n) is 45.2. The van der Waals surface area contributed by atoms with Gasteiger partial charge in [-0.15, -0.1) is 0 Å². The second kappa shape index (κ2) is 57.6. The molecule has 0 heterocycles. The van der Waals surface area contributed by atoms with E-state index >= 15 is 0 Å². The fraction of sp³-hybridized carbons (Fsp3) is 0.554. The van der Waals surface area contributed by atoms with E-state index in [0.29, 0.717) is 19.3 Å². The molecule has 0 bridgehead atoms.